The first kappa shape index (κ1) is 12.6. The molecule has 1 unspecified atom stereocenters. The maximum atomic E-state index is 13.3. The van der Waals surface area contributed by atoms with Crippen molar-refractivity contribution in [3.8, 4) is 0 Å². The number of pyridine rings is 1. The van der Waals surface area contributed by atoms with E-state index in [4.69, 9.17) is 5.73 Å². The number of carbonyl (C=O) groups excluding carboxylic acids is 1. The number of amides is 1. The topological polar surface area (TPSA) is 68.0 Å². The molecule has 0 aromatic carbocycles. The summed E-state index contributed by atoms with van der Waals surface area (Å²) in [5, 5.41) is 2.72. The van der Waals surface area contributed by atoms with E-state index in [1.165, 1.54) is 12.3 Å². The highest BCUT2D eigenvalue weighted by molar-refractivity contribution is 5.94. The average molecular weight is 225 g/mol. The van der Waals surface area contributed by atoms with Gasteiger partial charge in [0, 0.05) is 18.3 Å². The first-order valence-corrected chi connectivity index (χ1v) is 5.14. The zero-order chi connectivity index (χ0) is 12.2. The molecule has 5 heteroatoms. The predicted octanol–water partition coefficient (Wildman–Crippen LogP) is 1.08. The van der Waals surface area contributed by atoms with E-state index in [1.807, 2.05) is 13.8 Å². The number of nitrogens with one attached hydrogen (secondary N) is 1. The molecule has 1 aromatic heterocycles. The molecule has 0 fully saturated rings. The molecule has 3 N–H and O–H groups in total. The van der Waals surface area contributed by atoms with Crippen LogP contribution in [0.3, 0.4) is 0 Å². The fraction of sp³-hybridized carbons (Fsp3) is 0.455. The van der Waals surface area contributed by atoms with Gasteiger partial charge >= 0.3 is 0 Å². The van der Waals surface area contributed by atoms with E-state index < -0.39 is 17.3 Å². The molecule has 1 aromatic rings. The molecule has 0 saturated heterocycles. The van der Waals surface area contributed by atoms with Gasteiger partial charge in [0.1, 0.15) is 0 Å². The van der Waals surface area contributed by atoms with Crippen LogP contribution in [0.4, 0.5) is 4.39 Å². The highest BCUT2D eigenvalue weighted by Gasteiger charge is 2.24. The van der Waals surface area contributed by atoms with Crippen LogP contribution in [-0.4, -0.2) is 23.0 Å². The van der Waals surface area contributed by atoms with E-state index in [9.17, 15) is 9.18 Å². The van der Waals surface area contributed by atoms with Crippen molar-refractivity contribution < 1.29 is 9.18 Å². The fourth-order valence-electron chi connectivity index (χ4n) is 1.18. The lowest BCUT2D eigenvalue weighted by atomic mass is 9.98. The van der Waals surface area contributed by atoms with Gasteiger partial charge in [-0.1, -0.05) is 6.92 Å². The maximum absolute atomic E-state index is 13.3. The lowest BCUT2D eigenvalue weighted by Gasteiger charge is -2.27. The first-order valence-electron chi connectivity index (χ1n) is 5.14. The molecule has 0 saturated carbocycles. The number of carbonyl (C=O) groups is 1. The Bertz CT molecular complexity index is 377. The predicted molar refractivity (Wildman–Crippen MR) is 59.4 cm³/mol. The maximum Gasteiger partial charge on any atom is 0.254 e. The second-order valence-corrected chi connectivity index (χ2v) is 3.93. The van der Waals surface area contributed by atoms with Crippen molar-refractivity contribution >= 4 is 5.91 Å². The van der Waals surface area contributed by atoms with E-state index in [-0.39, 0.29) is 5.56 Å². The summed E-state index contributed by atoms with van der Waals surface area (Å²) in [5.74, 6) is -1.09. The molecule has 16 heavy (non-hydrogen) atoms. The van der Waals surface area contributed by atoms with Crippen LogP contribution >= 0.6 is 0 Å². The third-order valence-electron chi connectivity index (χ3n) is 2.66. The van der Waals surface area contributed by atoms with Gasteiger partial charge in [-0.15, -0.1) is 0 Å². The quantitative estimate of drug-likeness (QED) is 0.805. The molecular formula is C11H16FN3O. The number of aromatic nitrogens is 1. The molecule has 4 nitrogen and oxygen atoms in total. The number of hydrogen-bond acceptors (Lipinski definition) is 3. The highest BCUT2D eigenvalue weighted by Crippen LogP contribution is 2.10. The Balaban J connectivity index is 2.84. The largest absolute Gasteiger partial charge is 0.346 e. The van der Waals surface area contributed by atoms with Gasteiger partial charge < -0.3 is 11.1 Å². The van der Waals surface area contributed by atoms with Crippen LogP contribution in [0.15, 0.2) is 18.5 Å². The Labute approximate surface area is 94.1 Å². The average Bonchev–Trinajstić information content (AvgIpc) is 2.29. The van der Waals surface area contributed by atoms with Crippen LogP contribution in [0.1, 0.15) is 30.6 Å². The van der Waals surface area contributed by atoms with Crippen LogP contribution in [0.25, 0.3) is 0 Å². The molecule has 0 spiro atoms. The third kappa shape index (κ3) is 2.76. The van der Waals surface area contributed by atoms with E-state index >= 15 is 0 Å². The van der Waals surface area contributed by atoms with Crippen molar-refractivity contribution in [2.24, 2.45) is 5.73 Å². The summed E-state index contributed by atoms with van der Waals surface area (Å²) in [4.78, 5) is 15.3. The Kier molecular flexibility index (Phi) is 3.95. The van der Waals surface area contributed by atoms with Crippen molar-refractivity contribution in [2.45, 2.75) is 25.8 Å². The standard InChI is InChI=1S/C11H16FN3O/c1-3-11(2,7-13)15-10(16)8-4-5-14-6-9(8)12/h4-6H,3,7,13H2,1-2H3,(H,15,16). The lowest BCUT2D eigenvalue weighted by molar-refractivity contribution is 0.0902. The third-order valence-corrected chi connectivity index (χ3v) is 2.66. The molecule has 0 aliphatic carbocycles. The minimum Gasteiger partial charge on any atom is -0.346 e. The van der Waals surface area contributed by atoms with E-state index in [0.29, 0.717) is 13.0 Å². The fourth-order valence-corrected chi connectivity index (χ4v) is 1.18. The molecule has 1 atom stereocenters. The van der Waals surface area contributed by atoms with Gasteiger partial charge in [0.15, 0.2) is 5.82 Å². The summed E-state index contributed by atoms with van der Waals surface area (Å²) >= 11 is 0. The molecular weight excluding hydrogens is 209 g/mol. The number of halogens is 1. The van der Waals surface area contributed by atoms with Gasteiger partial charge in [0.2, 0.25) is 0 Å². The van der Waals surface area contributed by atoms with Crippen molar-refractivity contribution in [3.63, 3.8) is 0 Å². The molecule has 1 amide bonds. The molecule has 0 aliphatic rings. The van der Waals surface area contributed by atoms with Crippen molar-refractivity contribution in [1.29, 1.82) is 0 Å². The van der Waals surface area contributed by atoms with E-state index in [0.717, 1.165) is 6.20 Å². The number of nitrogens with two attached hydrogens (primary N) is 1. The van der Waals surface area contributed by atoms with E-state index in [2.05, 4.69) is 10.3 Å². The summed E-state index contributed by atoms with van der Waals surface area (Å²) in [5.41, 5.74) is 5.04. The van der Waals surface area contributed by atoms with Gasteiger partial charge in [0.25, 0.3) is 5.91 Å². The number of rotatable bonds is 4. The van der Waals surface area contributed by atoms with Crippen molar-refractivity contribution in [3.05, 3.63) is 29.8 Å². The number of nitrogens with zero attached hydrogens (tertiary/aromatic N) is 1. The van der Waals surface area contributed by atoms with Crippen LogP contribution in [-0.2, 0) is 0 Å². The Hall–Kier alpha value is -1.49. The van der Waals surface area contributed by atoms with Gasteiger partial charge in [-0.05, 0) is 19.4 Å². The van der Waals surface area contributed by atoms with Gasteiger partial charge in [-0.2, -0.15) is 0 Å². The zero-order valence-corrected chi connectivity index (χ0v) is 9.46. The summed E-state index contributed by atoms with van der Waals surface area (Å²) in [7, 11) is 0. The van der Waals surface area contributed by atoms with Gasteiger partial charge in [-0.3, -0.25) is 9.78 Å². The van der Waals surface area contributed by atoms with Crippen LogP contribution in [0.2, 0.25) is 0 Å². The zero-order valence-electron chi connectivity index (χ0n) is 9.46. The Morgan fingerprint density at radius 2 is 2.38 bits per heavy atom. The molecule has 88 valence electrons. The Morgan fingerprint density at radius 3 is 2.88 bits per heavy atom. The van der Waals surface area contributed by atoms with Crippen molar-refractivity contribution in [2.75, 3.05) is 6.54 Å². The summed E-state index contributed by atoms with van der Waals surface area (Å²) in [6.07, 6.45) is 3.08. The molecule has 0 radical (unpaired) electrons. The second kappa shape index (κ2) is 5.03. The number of hydrogen-bond donors (Lipinski definition) is 2. The second-order valence-electron chi connectivity index (χ2n) is 3.93. The summed E-state index contributed by atoms with van der Waals surface area (Å²) in [6, 6.07) is 1.34. The normalized spacial score (nSPS) is 14.2. The smallest absolute Gasteiger partial charge is 0.254 e. The van der Waals surface area contributed by atoms with Gasteiger partial charge in [-0.25, -0.2) is 4.39 Å². The molecule has 1 rings (SSSR count). The molecule has 1 heterocycles. The summed E-state index contributed by atoms with van der Waals surface area (Å²) < 4.78 is 13.3. The van der Waals surface area contributed by atoms with E-state index in [1.54, 1.807) is 0 Å². The highest BCUT2D eigenvalue weighted by atomic mass is 19.1. The van der Waals surface area contributed by atoms with Crippen LogP contribution in [0, 0.1) is 5.82 Å². The van der Waals surface area contributed by atoms with Crippen LogP contribution < -0.4 is 11.1 Å². The molecule has 0 bridgehead atoms. The summed E-state index contributed by atoms with van der Waals surface area (Å²) in [6.45, 7) is 4.04. The monoisotopic (exact) mass is 225 g/mol. The Morgan fingerprint density at radius 1 is 1.69 bits per heavy atom. The molecule has 0 aliphatic heterocycles. The minimum absolute atomic E-state index is 0.0110. The van der Waals surface area contributed by atoms with Gasteiger partial charge in [0.05, 0.1) is 11.8 Å². The minimum atomic E-state index is -0.629. The first-order chi connectivity index (χ1) is 7.52. The van der Waals surface area contributed by atoms with Crippen molar-refractivity contribution in [1.82, 2.24) is 10.3 Å². The lowest BCUT2D eigenvalue weighted by Crippen LogP contribution is -2.51. The van der Waals surface area contributed by atoms with Crippen LogP contribution in [0.5, 0.6) is 0 Å². The SMILES string of the molecule is CCC(C)(CN)NC(=O)c1ccncc1F.